The van der Waals surface area contributed by atoms with Gasteiger partial charge in [-0.1, -0.05) is 11.8 Å². The third kappa shape index (κ3) is 2.67. The minimum absolute atomic E-state index is 0.0851. The van der Waals surface area contributed by atoms with E-state index >= 15 is 0 Å². The highest BCUT2D eigenvalue weighted by atomic mass is 32.2. The predicted molar refractivity (Wildman–Crippen MR) is 64.5 cm³/mol. The van der Waals surface area contributed by atoms with Gasteiger partial charge in [-0.05, 0) is 18.2 Å². The van der Waals surface area contributed by atoms with Gasteiger partial charge in [0, 0.05) is 11.0 Å². The van der Waals surface area contributed by atoms with Crippen molar-refractivity contribution in [2.24, 2.45) is 0 Å². The molecule has 0 saturated heterocycles. The lowest BCUT2D eigenvalue weighted by atomic mass is 10.2. The molecule has 0 saturated carbocycles. The van der Waals surface area contributed by atoms with E-state index in [0.717, 1.165) is 23.9 Å². The number of nitrogens with two attached hydrogens (primary N) is 1. The van der Waals surface area contributed by atoms with Crippen molar-refractivity contribution in [3.63, 3.8) is 0 Å². The Morgan fingerprint density at radius 2 is 2.22 bits per heavy atom. The number of benzene rings is 1. The van der Waals surface area contributed by atoms with E-state index in [-0.39, 0.29) is 22.1 Å². The van der Waals surface area contributed by atoms with Crippen LogP contribution in [0.5, 0.6) is 0 Å². The van der Waals surface area contributed by atoms with Crippen LogP contribution >= 0.6 is 11.8 Å². The van der Waals surface area contributed by atoms with E-state index < -0.39 is 5.82 Å². The molecule has 3 N–H and O–H groups in total. The normalized spacial score (nSPS) is 10.0. The molecule has 1 aromatic heterocycles. The Balaban J connectivity index is 2.40. The average Bonchev–Trinajstić information content (AvgIpc) is 2.30. The second-order valence-corrected chi connectivity index (χ2v) is 4.36. The third-order valence-electron chi connectivity index (χ3n) is 2.01. The zero-order valence-electron chi connectivity index (χ0n) is 8.98. The lowest BCUT2D eigenvalue weighted by molar-refractivity contribution is 0.626. The Morgan fingerprint density at radius 3 is 2.89 bits per heavy atom. The smallest absolute Gasteiger partial charge is 0.253 e. The molecule has 0 amide bonds. The highest BCUT2D eigenvalue weighted by Gasteiger charge is 2.08. The van der Waals surface area contributed by atoms with Gasteiger partial charge < -0.3 is 10.7 Å². The molecular formula is C11H7FN4OS. The summed E-state index contributed by atoms with van der Waals surface area (Å²) in [6.07, 6.45) is 0. The van der Waals surface area contributed by atoms with Crippen LogP contribution < -0.4 is 11.3 Å². The molecule has 0 atom stereocenters. The first kappa shape index (κ1) is 12.1. The van der Waals surface area contributed by atoms with Crippen LogP contribution in [0.1, 0.15) is 5.56 Å². The summed E-state index contributed by atoms with van der Waals surface area (Å²) in [5.74, 6) is -0.410. The van der Waals surface area contributed by atoms with Gasteiger partial charge in [0.2, 0.25) is 0 Å². The summed E-state index contributed by atoms with van der Waals surface area (Å²) in [5.41, 5.74) is 5.23. The second-order valence-electron chi connectivity index (χ2n) is 3.33. The number of hydrogen-bond acceptors (Lipinski definition) is 5. The average molecular weight is 262 g/mol. The number of nitriles is 1. The highest BCUT2D eigenvalue weighted by Crippen LogP contribution is 2.27. The fourth-order valence-corrected chi connectivity index (χ4v) is 2.15. The molecular weight excluding hydrogens is 255 g/mol. The van der Waals surface area contributed by atoms with Crippen LogP contribution in [-0.4, -0.2) is 9.97 Å². The molecule has 0 aliphatic heterocycles. The Hall–Kier alpha value is -2.33. The van der Waals surface area contributed by atoms with Crippen molar-refractivity contribution < 1.29 is 4.39 Å². The van der Waals surface area contributed by atoms with Gasteiger partial charge in [0.05, 0.1) is 5.56 Å². The van der Waals surface area contributed by atoms with Crippen LogP contribution in [0.4, 0.5) is 10.2 Å². The number of aromatic amines is 1. The number of H-pyrrole nitrogens is 1. The lowest BCUT2D eigenvalue weighted by Gasteiger charge is -2.03. The Kier molecular flexibility index (Phi) is 3.30. The van der Waals surface area contributed by atoms with Gasteiger partial charge in [0.15, 0.2) is 5.16 Å². The summed E-state index contributed by atoms with van der Waals surface area (Å²) in [6, 6.07) is 6.82. The number of hydrogen-bond donors (Lipinski definition) is 2. The molecule has 0 bridgehead atoms. The predicted octanol–water partition coefficient (Wildman–Crippen LogP) is 1.51. The maximum atomic E-state index is 12.9. The molecule has 2 aromatic rings. The standard InChI is InChI=1S/C11H7FN4OS/c12-7-1-2-8(6(3-7)5-13)18-11-15-9(14)4-10(17)16-11/h1-4H,(H3,14,15,16,17). The quantitative estimate of drug-likeness (QED) is 0.800. The van der Waals surface area contributed by atoms with Crippen LogP contribution in [0.3, 0.4) is 0 Å². The monoisotopic (exact) mass is 262 g/mol. The summed E-state index contributed by atoms with van der Waals surface area (Å²) in [5, 5.41) is 9.14. The SMILES string of the molecule is N#Cc1cc(F)ccc1Sc1nc(N)cc(=O)[nH]1. The molecule has 1 aromatic carbocycles. The number of halogens is 1. The van der Waals surface area contributed by atoms with E-state index in [4.69, 9.17) is 11.0 Å². The molecule has 7 heteroatoms. The molecule has 2 rings (SSSR count). The first-order valence-electron chi connectivity index (χ1n) is 4.83. The van der Waals surface area contributed by atoms with Crippen LogP contribution in [-0.2, 0) is 0 Å². The van der Waals surface area contributed by atoms with Gasteiger partial charge in [0.1, 0.15) is 17.7 Å². The Morgan fingerprint density at radius 1 is 1.44 bits per heavy atom. The zero-order valence-corrected chi connectivity index (χ0v) is 9.79. The molecule has 0 spiro atoms. The van der Waals surface area contributed by atoms with Crippen molar-refractivity contribution in [2.75, 3.05) is 5.73 Å². The van der Waals surface area contributed by atoms with Gasteiger partial charge in [-0.25, -0.2) is 9.37 Å². The van der Waals surface area contributed by atoms with Gasteiger partial charge in [-0.2, -0.15) is 5.26 Å². The van der Waals surface area contributed by atoms with Crippen LogP contribution in [0.15, 0.2) is 39.1 Å². The molecule has 0 aliphatic rings. The van der Waals surface area contributed by atoms with Gasteiger partial charge in [0.25, 0.3) is 5.56 Å². The van der Waals surface area contributed by atoms with E-state index in [1.807, 2.05) is 6.07 Å². The Bertz CT molecular complexity index is 692. The largest absolute Gasteiger partial charge is 0.383 e. The summed E-state index contributed by atoms with van der Waals surface area (Å²) < 4.78 is 12.9. The Labute approximate surface area is 105 Å². The van der Waals surface area contributed by atoms with Crippen LogP contribution in [0.25, 0.3) is 0 Å². The molecule has 90 valence electrons. The van der Waals surface area contributed by atoms with E-state index in [1.165, 1.54) is 12.1 Å². The molecule has 18 heavy (non-hydrogen) atoms. The molecule has 1 heterocycles. The van der Waals surface area contributed by atoms with Crippen molar-refractivity contribution in [3.05, 3.63) is 46.0 Å². The van der Waals surface area contributed by atoms with Crippen molar-refractivity contribution >= 4 is 17.6 Å². The third-order valence-corrected chi connectivity index (χ3v) is 2.97. The van der Waals surface area contributed by atoms with Crippen LogP contribution in [0, 0.1) is 17.1 Å². The van der Waals surface area contributed by atoms with E-state index in [0.29, 0.717) is 4.90 Å². The summed E-state index contributed by atoms with van der Waals surface area (Å²) in [6.45, 7) is 0. The number of anilines is 1. The van der Waals surface area contributed by atoms with Crippen molar-refractivity contribution in [1.29, 1.82) is 5.26 Å². The number of nitrogen functional groups attached to an aromatic ring is 1. The van der Waals surface area contributed by atoms with Gasteiger partial charge >= 0.3 is 0 Å². The van der Waals surface area contributed by atoms with Crippen molar-refractivity contribution in [1.82, 2.24) is 9.97 Å². The fourth-order valence-electron chi connectivity index (χ4n) is 1.28. The van der Waals surface area contributed by atoms with E-state index in [1.54, 1.807) is 0 Å². The minimum Gasteiger partial charge on any atom is -0.383 e. The second kappa shape index (κ2) is 4.89. The first-order valence-corrected chi connectivity index (χ1v) is 5.64. The highest BCUT2D eigenvalue weighted by molar-refractivity contribution is 7.99. The number of rotatable bonds is 2. The molecule has 0 aliphatic carbocycles. The zero-order chi connectivity index (χ0) is 13.1. The maximum absolute atomic E-state index is 12.9. The first-order chi connectivity index (χ1) is 8.58. The minimum atomic E-state index is -0.495. The van der Waals surface area contributed by atoms with Gasteiger partial charge in [-0.15, -0.1) is 0 Å². The topological polar surface area (TPSA) is 95.6 Å². The molecule has 0 unspecified atom stereocenters. The molecule has 0 fully saturated rings. The van der Waals surface area contributed by atoms with Crippen molar-refractivity contribution in [3.8, 4) is 6.07 Å². The number of nitrogens with one attached hydrogen (secondary N) is 1. The number of nitrogens with zero attached hydrogens (tertiary/aromatic N) is 2. The van der Waals surface area contributed by atoms with Crippen LogP contribution in [0.2, 0.25) is 0 Å². The summed E-state index contributed by atoms with van der Waals surface area (Å²) >= 11 is 1.04. The summed E-state index contributed by atoms with van der Waals surface area (Å²) in [7, 11) is 0. The number of aromatic nitrogens is 2. The van der Waals surface area contributed by atoms with Crippen molar-refractivity contribution in [2.45, 2.75) is 10.1 Å². The summed E-state index contributed by atoms with van der Waals surface area (Å²) in [4.78, 5) is 18.1. The van der Waals surface area contributed by atoms with E-state index in [9.17, 15) is 9.18 Å². The lowest BCUT2D eigenvalue weighted by Crippen LogP contribution is -2.09. The molecule has 0 radical (unpaired) electrons. The fraction of sp³-hybridized carbons (Fsp3) is 0. The maximum Gasteiger partial charge on any atom is 0.253 e. The van der Waals surface area contributed by atoms with E-state index in [2.05, 4.69) is 9.97 Å². The van der Waals surface area contributed by atoms with Gasteiger partial charge in [-0.3, -0.25) is 4.79 Å². The molecule has 5 nitrogen and oxygen atoms in total.